The molecule has 1 N–H and O–H groups in total. The van der Waals surface area contributed by atoms with E-state index in [4.69, 9.17) is 9.84 Å². The summed E-state index contributed by atoms with van der Waals surface area (Å²) < 4.78 is 5.06. The number of hydrogen-bond donors (Lipinski definition) is 1. The van der Waals surface area contributed by atoms with Gasteiger partial charge < -0.3 is 9.84 Å². The largest absolute Gasteiger partial charge is 0.511 e. The fraction of sp³-hybridized carbons (Fsp3) is 0.381. The maximum atomic E-state index is 11.1. The average molecular weight is 324 g/mol. The van der Waals surface area contributed by atoms with E-state index in [0.29, 0.717) is 11.7 Å². The Hall–Kier alpha value is -2.29. The van der Waals surface area contributed by atoms with Crippen LogP contribution in [0.2, 0.25) is 0 Å². The molecule has 0 unspecified atom stereocenters. The maximum absolute atomic E-state index is 11.1. The van der Waals surface area contributed by atoms with Gasteiger partial charge in [0.25, 0.3) is 0 Å². The Kier molecular flexibility index (Phi) is 5.19. The van der Waals surface area contributed by atoms with Gasteiger partial charge in [-0.15, -0.1) is 0 Å². The van der Waals surface area contributed by atoms with Crippen molar-refractivity contribution in [2.75, 3.05) is 0 Å². The molecule has 0 atom stereocenters. The van der Waals surface area contributed by atoms with E-state index in [1.54, 1.807) is 6.07 Å². The molecule has 24 heavy (non-hydrogen) atoms. The molecule has 3 heteroatoms. The molecule has 0 aromatic heterocycles. The second-order valence-corrected chi connectivity index (χ2v) is 6.47. The van der Waals surface area contributed by atoms with Crippen molar-refractivity contribution < 1.29 is 14.6 Å². The van der Waals surface area contributed by atoms with Gasteiger partial charge in [-0.1, -0.05) is 56.5 Å². The van der Waals surface area contributed by atoms with Crippen molar-refractivity contribution >= 4 is 6.16 Å². The van der Waals surface area contributed by atoms with Crippen LogP contribution in [0, 0.1) is 0 Å². The van der Waals surface area contributed by atoms with Gasteiger partial charge in [0.1, 0.15) is 5.75 Å². The van der Waals surface area contributed by atoms with Crippen LogP contribution < -0.4 is 4.74 Å². The third kappa shape index (κ3) is 3.61. The monoisotopic (exact) mass is 324 g/mol. The molecule has 1 fully saturated rings. The quantitative estimate of drug-likeness (QED) is 0.552. The second kappa shape index (κ2) is 7.52. The molecule has 0 saturated heterocycles. The van der Waals surface area contributed by atoms with Gasteiger partial charge in [0, 0.05) is 5.56 Å². The summed E-state index contributed by atoms with van der Waals surface area (Å²) >= 11 is 0. The van der Waals surface area contributed by atoms with Gasteiger partial charge >= 0.3 is 6.16 Å². The van der Waals surface area contributed by atoms with Crippen molar-refractivity contribution in [2.24, 2.45) is 0 Å². The molecule has 2 aromatic carbocycles. The minimum Gasteiger partial charge on any atom is -0.449 e. The average Bonchev–Trinajstić information content (AvgIpc) is 2.62. The highest BCUT2D eigenvalue weighted by molar-refractivity contribution is 5.77. The smallest absolute Gasteiger partial charge is 0.449 e. The third-order valence-electron chi connectivity index (χ3n) is 4.95. The molecule has 0 aliphatic heterocycles. The molecule has 0 amide bonds. The number of carboxylic acid groups (broad SMARTS) is 1. The van der Waals surface area contributed by atoms with Crippen molar-refractivity contribution in [3.63, 3.8) is 0 Å². The Morgan fingerprint density at radius 3 is 2.54 bits per heavy atom. The molecule has 1 saturated carbocycles. The van der Waals surface area contributed by atoms with E-state index in [1.165, 1.54) is 43.2 Å². The minimum absolute atomic E-state index is 0.419. The summed E-state index contributed by atoms with van der Waals surface area (Å²) in [6, 6.07) is 14.2. The standard InChI is InChI=1S/C21H24O3/c1-2-15-12-13-20(24-21(22)23)19(14-15)18-11-7-6-10-17(18)16-8-4-3-5-9-16/h6-7,10-14,16H,2-5,8-9H2,1H3,(H,22,23). The summed E-state index contributed by atoms with van der Waals surface area (Å²) in [4.78, 5) is 11.1. The zero-order valence-corrected chi connectivity index (χ0v) is 14.1. The van der Waals surface area contributed by atoms with Crippen molar-refractivity contribution in [3.05, 3.63) is 53.6 Å². The van der Waals surface area contributed by atoms with Crippen molar-refractivity contribution in [1.29, 1.82) is 0 Å². The highest BCUT2D eigenvalue weighted by Gasteiger charge is 2.21. The third-order valence-corrected chi connectivity index (χ3v) is 4.95. The van der Waals surface area contributed by atoms with E-state index in [9.17, 15) is 4.79 Å². The van der Waals surface area contributed by atoms with Crippen LogP contribution >= 0.6 is 0 Å². The molecule has 0 heterocycles. The molecule has 1 aliphatic carbocycles. The molecular weight excluding hydrogens is 300 g/mol. The fourth-order valence-electron chi connectivity index (χ4n) is 3.70. The van der Waals surface area contributed by atoms with E-state index >= 15 is 0 Å². The number of carbonyl (C=O) groups is 1. The van der Waals surface area contributed by atoms with Crippen molar-refractivity contribution in [1.82, 2.24) is 0 Å². The summed E-state index contributed by atoms with van der Waals surface area (Å²) in [7, 11) is 0. The SMILES string of the molecule is CCc1ccc(OC(=O)O)c(-c2ccccc2C2CCCCC2)c1. The minimum atomic E-state index is -1.27. The summed E-state index contributed by atoms with van der Waals surface area (Å²) in [5, 5.41) is 9.06. The van der Waals surface area contributed by atoms with Gasteiger partial charge in [-0.2, -0.15) is 0 Å². The van der Waals surface area contributed by atoms with Crippen LogP contribution in [0.5, 0.6) is 5.75 Å². The molecular formula is C21H24O3. The second-order valence-electron chi connectivity index (χ2n) is 6.47. The molecule has 1 aliphatic rings. The molecule has 0 radical (unpaired) electrons. The van der Waals surface area contributed by atoms with Crippen LogP contribution in [0.25, 0.3) is 11.1 Å². The van der Waals surface area contributed by atoms with Gasteiger partial charge in [0.2, 0.25) is 0 Å². The van der Waals surface area contributed by atoms with Gasteiger partial charge in [0.05, 0.1) is 0 Å². The van der Waals surface area contributed by atoms with Crippen LogP contribution in [-0.2, 0) is 6.42 Å². The van der Waals surface area contributed by atoms with E-state index < -0.39 is 6.16 Å². The number of benzene rings is 2. The van der Waals surface area contributed by atoms with Gasteiger partial charge in [-0.05, 0) is 54.0 Å². The zero-order chi connectivity index (χ0) is 16.9. The van der Waals surface area contributed by atoms with Gasteiger partial charge in [-0.25, -0.2) is 4.79 Å². The number of aryl methyl sites for hydroxylation is 1. The van der Waals surface area contributed by atoms with Crippen LogP contribution in [0.3, 0.4) is 0 Å². The van der Waals surface area contributed by atoms with E-state index in [1.807, 2.05) is 12.1 Å². The number of hydrogen-bond acceptors (Lipinski definition) is 2. The van der Waals surface area contributed by atoms with Crippen LogP contribution in [-0.4, -0.2) is 11.3 Å². The van der Waals surface area contributed by atoms with Crippen LogP contribution in [0.1, 0.15) is 56.1 Å². The predicted molar refractivity (Wildman–Crippen MR) is 95.7 cm³/mol. The zero-order valence-electron chi connectivity index (χ0n) is 14.1. The lowest BCUT2D eigenvalue weighted by molar-refractivity contribution is 0.144. The Morgan fingerprint density at radius 1 is 1.08 bits per heavy atom. The van der Waals surface area contributed by atoms with Crippen LogP contribution in [0.15, 0.2) is 42.5 Å². The number of ether oxygens (including phenoxy) is 1. The fourth-order valence-corrected chi connectivity index (χ4v) is 3.70. The molecule has 2 aromatic rings. The molecule has 126 valence electrons. The van der Waals surface area contributed by atoms with E-state index in [-0.39, 0.29) is 0 Å². The first-order chi connectivity index (χ1) is 11.7. The lowest BCUT2D eigenvalue weighted by atomic mass is 9.80. The topological polar surface area (TPSA) is 46.5 Å². The molecule has 0 spiro atoms. The lowest BCUT2D eigenvalue weighted by Gasteiger charge is -2.25. The molecule has 3 nitrogen and oxygen atoms in total. The van der Waals surface area contributed by atoms with Crippen molar-refractivity contribution in [3.8, 4) is 16.9 Å². The predicted octanol–water partition coefficient (Wildman–Crippen LogP) is 6.02. The number of rotatable bonds is 4. The first kappa shape index (κ1) is 16.6. The molecule has 3 rings (SSSR count). The van der Waals surface area contributed by atoms with E-state index in [0.717, 1.165) is 17.5 Å². The maximum Gasteiger partial charge on any atom is 0.511 e. The van der Waals surface area contributed by atoms with Gasteiger partial charge in [-0.3, -0.25) is 0 Å². The Morgan fingerprint density at radius 2 is 1.83 bits per heavy atom. The normalized spacial score (nSPS) is 15.2. The highest BCUT2D eigenvalue weighted by Crippen LogP contribution is 2.41. The lowest BCUT2D eigenvalue weighted by Crippen LogP contribution is -2.08. The summed E-state index contributed by atoms with van der Waals surface area (Å²) in [5.74, 6) is 0.973. The molecule has 0 bridgehead atoms. The summed E-state index contributed by atoms with van der Waals surface area (Å²) in [6.07, 6.45) is 5.91. The highest BCUT2D eigenvalue weighted by atomic mass is 16.7. The Labute approximate surface area is 143 Å². The summed E-state index contributed by atoms with van der Waals surface area (Å²) in [6.45, 7) is 2.10. The van der Waals surface area contributed by atoms with E-state index in [2.05, 4.69) is 31.2 Å². The Bertz CT molecular complexity index is 715. The van der Waals surface area contributed by atoms with Crippen LogP contribution in [0.4, 0.5) is 4.79 Å². The summed E-state index contributed by atoms with van der Waals surface area (Å²) in [5.41, 5.74) is 4.50. The first-order valence-corrected chi connectivity index (χ1v) is 8.82. The van der Waals surface area contributed by atoms with Crippen molar-refractivity contribution in [2.45, 2.75) is 51.4 Å². The Balaban J connectivity index is 2.08. The first-order valence-electron chi connectivity index (χ1n) is 8.82. The van der Waals surface area contributed by atoms with Gasteiger partial charge in [0.15, 0.2) is 0 Å².